The van der Waals surface area contributed by atoms with E-state index < -0.39 is 36.3 Å². The van der Waals surface area contributed by atoms with Crippen LogP contribution in [0.1, 0.15) is 13.7 Å². The molecule has 11 rings (SSSR count). The van der Waals surface area contributed by atoms with Crippen molar-refractivity contribution in [2.45, 2.75) is 0 Å². The predicted molar refractivity (Wildman–Crippen MR) is 233 cm³/mol. The summed E-state index contributed by atoms with van der Waals surface area (Å²) in [7, 11) is 0. The highest BCUT2D eigenvalue weighted by Gasteiger charge is 2.20. The molecule has 11 aromatic rings. The number of furan rings is 1. The second kappa shape index (κ2) is 12.7. The van der Waals surface area contributed by atoms with Crippen LogP contribution in [0.2, 0.25) is 0 Å². The lowest BCUT2D eigenvalue weighted by Gasteiger charge is -2.20. The molecule has 0 aliphatic rings. The van der Waals surface area contributed by atoms with Crippen molar-refractivity contribution < 1.29 is 18.1 Å². The van der Waals surface area contributed by atoms with Gasteiger partial charge >= 0.3 is 0 Å². The van der Waals surface area contributed by atoms with Gasteiger partial charge in [-0.05, 0) is 95.0 Å². The Labute approximate surface area is 333 Å². The van der Waals surface area contributed by atoms with Crippen molar-refractivity contribution in [3.8, 4) is 55.6 Å². The van der Waals surface area contributed by atoms with Crippen molar-refractivity contribution >= 4 is 54.3 Å². The Balaban J connectivity index is 1.25. The molecule has 0 aliphatic carbocycles. The normalized spacial score (nSPS) is 14.2. The van der Waals surface area contributed by atoms with Gasteiger partial charge in [-0.25, -0.2) is 0 Å². The molecule has 256 valence electrons. The molecule has 1 nitrogen and oxygen atoms in total. The summed E-state index contributed by atoms with van der Waals surface area (Å²) in [5, 5.41) is 6.66. The first kappa shape index (κ1) is 22.8. The SMILES string of the molecule is [2H]c1c([2H])c([2H])c(-c2c3cc(-c4ccc5ccccc5c4)ccc3c(-c3ccccc3)c3ccc(-c4cccc5c4oc4c(-c6c([2H])c([2H])c([2H])c([2H])c6[2H])cccc45)cc23)c([2H])c1[2H]. The number of hydrogen-bond donors (Lipinski definition) is 0. The van der Waals surface area contributed by atoms with Crippen LogP contribution in [-0.2, 0) is 0 Å². The Morgan fingerprint density at radius 3 is 1.53 bits per heavy atom. The van der Waals surface area contributed by atoms with Crippen molar-refractivity contribution in [3.05, 3.63) is 206 Å². The average Bonchev–Trinajstić information content (AvgIpc) is 3.73. The highest BCUT2D eigenvalue weighted by atomic mass is 16.3. The standard InChI is InChI=1S/C54H34O/c1-4-15-36(16-5-1)43-22-12-24-47-48-25-13-23-44(54(48)55-53(43)47)42-29-31-46-50(34-42)52(38-19-8-3-9-20-38)49-33-41(40-27-26-35-14-10-11-21-39(35)32-40)28-30-45(49)51(46)37-17-6-2-7-18-37/h1-34H/i1D,3D,4D,5D,8D,9D,15D,16D,19D,20D. The maximum atomic E-state index is 9.35. The smallest absolute Gasteiger partial charge is 0.143 e. The van der Waals surface area contributed by atoms with E-state index in [2.05, 4.69) is 48.5 Å². The van der Waals surface area contributed by atoms with Crippen molar-refractivity contribution in [1.29, 1.82) is 0 Å². The Kier molecular flexibility index (Phi) is 5.27. The van der Waals surface area contributed by atoms with Gasteiger partial charge in [0.1, 0.15) is 11.2 Å². The van der Waals surface area contributed by atoms with E-state index in [0.717, 1.165) is 54.7 Å². The van der Waals surface area contributed by atoms with Crippen LogP contribution in [0.3, 0.4) is 0 Å². The van der Waals surface area contributed by atoms with Gasteiger partial charge < -0.3 is 4.42 Å². The van der Waals surface area contributed by atoms with Crippen LogP contribution >= 0.6 is 0 Å². The third-order valence-corrected chi connectivity index (χ3v) is 10.6. The van der Waals surface area contributed by atoms with Gasteiger partial charge in [0, 0.05) is 21.9 Å². The molecular weight excluding hydrogens is 665 g/mol. The Morgan fingerprint density at radius 1 is 0.309 bits per heavy atom. The Morgan fingerprint density at radius 2 is 0.836 bits per heavy atom. The first-order valence-electron chi connectivity index (χ1n) is 23.1. The lowest BCUT2D eigenvalue weighted by atomic mass is 9.83. The van der Waals surface area contributed by atoms with Crippen LogP contribution in [0.5, 0.6) is 0 Å². The van der Waals surface area contributed by atoms with Gasteiger partial charge in [-0.15, -0.1) is 0 Å². The zero-order chi connectivity index (χ0) is 45.0. The van der Waals surface area contributed by atoms with Crippen LogP contribution < -0.4 is 0 Å². The molecule has 0 unspecified atom stereocenters. The molecule has 0 aliphatic heterocycles. The molecule has 0 saturated carbocycles. The fraction of sp³-hybridized carbons (Fsp3) is 0. The summed E-state index contributed by atoms with van der Waals surface area (Å²) >= 11 is 0. The summed E-state index contributed by atoms with van der Waals surface area (Å²) in [6.07, 6.45) is 0. The van der Waals surface area contributed by atoms with Gasteiger partial charge in [-0.1, -0.05) is 188 Å². The molecule has 0 bridgehead atoms. The number of para-hydroxylation sites is 2. The summed E-state index contributed by atoms with van der Waals surface area (Å²) in [5.41, 5.74) is 7.02. The summed E-state index contributed by atoms with van der Waals surface area (Å²) in [6.45, 7) is 0. The molecule has 0 atom stereocenters. The van der Waals surface area contributed by atoms with E-state index in [0.29, 0.717) is 44.0 Å². The zero-order valence-corrected chi connectivity index (χ0v) is 29.3. The minimum Gasteiger partial charge on any atom is -0.455 e. The van der Waals surface area contributed by atoms with Crippen LogP contribution in [0.15, 0.2) is 210 Å². The molecule has 1 aromatic heterocycles. The highest BCUT2D eigenvalue weighted by Crippen LogP contribution is 2.47. The molecule has 10 aromatic carbocycles. The number of hydrogen-bond acceptors (Lipinski definition) is 1. The first-order valence-corrected chi connectivity index (χ1v) is 18.1. The summed E-state index contributed by atoms with van der Waals surface area (Å²) in [5.74, 6) is 0. The Bertz CT molecular complexity index is 3780. The maximum Gasteiger partial charge on any atom is 0.143 e. The predicted octanol–water partition coefficient (Wildman–Crippen LogP) is 15.4. The fourth-order valence-electron chi connectivity index (χ4n) is 8.13. The molecule has 1 heterocycles. The molecule has 55 heavy (non-hydrogen) atoms. The van der Waals surface area contributed by atoms with Crippen molar-refractivity contribution in [1.82, 2.24) is 0 Å². The molecule has 0 fully saturated rings. The third-order valence-electron chi connectivity index (χ3n) is 10.6. The number of fused-ring (bicyclic) bond motifs is 6. The molecule has 0 spiro atoms. The van der Waals surface area contributed by atoms with Gasteiger partial charge in [0.05, 0.1) is 13.7 Å². The quantitative estimate of drug-likeness (QED) is 0.162. The van der Waals surface area contributed by atoms with Crippen molar-refractivity contribution in [2.75, 3.05) is 0 Å². The summed E-state index contributed by atoms with van der Waals surface area (Å²) < 4.78 is 94.0. The van der Waals surface area contributed by atoms with E-state index in [1.54, 1.807) is 12.1 Å². The average molecular weight is 709 g/mol. The van der Waals surface area contributed by atoms with E-state index in [1.807, 2.05) is 84.9 Å². The van der Waals surface area contributed by atoms with Crippen LogP contribution in [0.4, 0.5) is 0 Å². The van der Waals surface area contributed by atoms with E-state index in [-0.39, 0.29) is 35.3 Å². The summed E-state index contributed by atoms with van der Waals surface area (Å²) in [6, 6.07) is 43.8. The van der Waals surface area contributed by atoms with E-state index in [4.69, 9.17) is 15.4 Å². The minimum absolute atomic E-state index is 0.0413. The second-order valence-electron chi connectivity index (χ2n) is 13.7. The van der Waals surface area contributed by atoms with Crippen LogP contribution in [-0.4, -0.2) is 0 Å². The Hall–Kier alpha value is -7.22. The first-order chi connectivity index (χ1) is 31.4. The van der Waals surface area contributed by atoms with Crippen molar-refractivity contribution in [3.63, 3.8) is 0 Å². The van der Waals surface area contributed by atoms with E-state index in [1.165, 1.54) is 0 Å². The highest BCUT2D eigenvalue weighted by molar-refractivity contribution is 6.23. The van der Waals surface area contributed by atoms with Crippen LogP contribution in [0, 0.1) is 0 Å². The zero-order valence-electron chi connectivity index (χ0n) is 39.3. The monoisotopic (exact) mass is 708 g/mol. The molecule has 1 heteroatoms. The number of rotatable bonds is 5. The fourth-order valence-corrected chi connectivity index (χ4v) is 8.13. The number of benzene rings is 10. The third kappa shape index (κ3) is 5.16. The lowest BCUT2D eigenvalue weighted by Crippen LogP contribution is -1.92. The maximum absolute atomic E-state index is 9.35. The van der Waals surface area contributed by atoms with Gasteiger partial charge in [-0.2, -0.15) is 0 Å². The molecule has 0 N–H and O–H groups in total. The lowest BCUT2D eigenvalue weighted by molar-refractivity contribution is 0.671. The van der Waals surface area contributed by atoms with Gasteiger partial charge in [0.2, 0.25) is 0 Å². The van der Waals surface area contributed by atoms with Gasteiger partial charge in [-0.3, -0.25) is 0 Å². The summed E-state index contributed by atoms with van der Waals surface area (Å²) in [4.78, 5) is 0. The van der Waals surface area contributed by atoms with E-state index >= 15 is 0 Å². The topological polar surface area (TPSA) is 13.1 Å². The molecule has 0 saturated heterocycles. The van der Waals surface area contributed by atoms with Gasteiger partial charge in [0.25, 0.3) is 0 Å². The largest absolute Gasteiger partial charge is 0.455 e. The molecule has 0 amide bonds. The molecule has 0 radical (unpaired) electrons. The second-order valence-corrected chi connectivity index (χ2v) is 13.7. The van der Waals surface area contributed by atoms with Gasteiger partial charge in [0.15, 0.2) is 0 Å². The van der Waals surface area contributed by atoms with E-state index in [9.17, 15) is 2.74 Å². The van der Waals surface area contributed by atoms with Crippen LogP contribution in [0.25, 0.3) is 110 Å². The van der Waals surface area contributed by atoms with Crippen molar-refractivity contribution in [2.24, 2.45) is 0 Å². The molecular formula is C54H34O. The minimum atomic E-state index is -0.477.